The first-order valence-corrected chi connectivity index (χ1v) is 15.3. The number of aromatic nitrogens is 1. The summed E-state index contributed by atoms with van der Waals surface area (Å²) < 4.78 is 44.8. The Bertz CT molecular complexity index is 1740. The van der Waals surface area contributed by atoms with Crippen LogP contribution in [0.3, 0.4) is 0 Å². The van der Waals surface area contributed by atoms with Crippen LogP contribution in [0.1, 0.15) is 46.3 Å². The number of alkyl halides is 3. The van der Waals surface area contributed by atoms with Gasteiger partial charge in [0.1, 0.15) is 9.88 Å². The molecule has 0 spiro atoms. The maximum Gasteiger partial charge on any atom is 0.435 e. The normalized spacial score (nSPS) is 14.1. The number of thiazole rings is 1. The van der Waals surface area contributed by atoms with Crippen molar-refractivity contribution in [2.24, 2.45) is 30.7 Å². The van der Waals surface area contributed by atoms with Crippen LogP contribution in [0.4, 0.5) is 51.1 Å². The lowest BCUT2D eigenvalue weighted by atomic mass is 10.2. The van der Waals surface area contributed by atoms with Crippen LogP contribution in [0.2, 0.25) is 0 Å². The topological polar surface area (TPSA) is 117 Å². The van der Waals surface area contributed by atoms with Gasteiger partial charge in [-0.3, -0.25) is 0 Å². The second-order valence-corrected chi connectivity index (χ2v) is 11.8. The fourth-order valence-corrected chi connectivity index (χ4v) is 5.98. The maximum atomic E-state index is 13.4. The predicted octanol–water partition coefficient (Wildman–Crippen LogP) is 10.9. The highest BCUT2D eigenvalue weighted by molar-refractivity contribution is 7.19. The smallest absolute Gasteiger partial charge is 0.435 e. The second kappa shape index (κ2) is 13.5. The highest BCUT2D eigenvalue weighted by Gasteiger charge is 2.40. The molecule has 1 aliphatic rings. The van der Waals surface area contributed by atoms with Gasteiger partial charge in [-0.25, -0.2) is 9.78 Å². The molecule has 0 unspecified atom stereocenters. The zero-order chi connectivity index (χ0) is 31.3. The average Bonchev–Trinajstić information content (AvgIpc) is 3.76. The molecule has 0 N–H and O–H groups in total. The van der Waals surface area contributed by atoms with Crippen molar-refractivity contribution in [2.45, 2.75) is 39.8 Å². The highest BCUT2D eigenvalue weighted by atomic mass is 32.1. The Kier molecular flexibility index (Phi) is 9.54. The molecular weight excluding hydrogens is 614 g/mol. The summed E-state index contributed by atoms with van der Waals surface area (Å²) in [6.07, 6.45) is -2.39. The Morgan fingerprint density at radius 3 is 2.07 bits per heavy atom. The van der Waals surface area contributed by atoms with E-state index in [2.05, 4.69) is 46.6 Å². The number of esters is 1. The minimum atomic E-state index is -4.83. The van der Waals surface area contributed by atoms with Gasteiger partial charge in [-0.1, -0.05) is 22.7 Å². The van der Waals surface area contributed by atoms with Crippen LogP contribution in [0.25, 0.3) is 0 Å². The molecule has 4 aromatic rings. The molecule has 228 valence electrons. The molecule has 1 aliphatic heterocycles. The van der Waals surface area contributed by atoms with Crippen molar-refractivity contribution in [2.75, 3.05) is 24.6 Å². The van der Waals surface area contributed by atoms with Crippen LogP contribution in [0.5, 0.6) is 0 Å². The highest BCUT2D eigenvalue weighted by Crippen LogP contribution is 2.39. The zero-order valence-corrected chi connectivity index (χ0v) is 25.6. The van der Waals surface area contributed by atoms with Crippen molar-refractivity contribution in [3.05, 3.63) is 70.2 Å². The average molecular weight is 641 g/mol. The van der Waals surface area contributed by atoms with Crippen molar-refractivity contribution in [3.8, 4) is 0 Å². The van der Waals surface area contributed by atoms with E-state index in [1.54, 1.807) is 36.5 Å². The van der Waals surface area contributed by atoms with Crippen molar-refractivity contribution < 1.29 is 22.7 Å². The van der Waals surface area contributed by atoms with Gasteiger partial charge in [-0.15, -0.1) is 20.5 Å². The Hall–Kier alpha value is -4.37. The summed E-state index contributed by atoms with van der Waals surface area (Å²) in [6, 6.07) is 14.6. The third-order valence-electron chi connectivity index (χ3n) is 6.48. The molecule has 5 rings (SSSR count). The zero-order valence-electron chi connectivity index (χ0n) is 24.0. The summed E-state index contributed by atoms with van der Waals surface area (Å²) in [4.78, 5) is 17.1. The lowest BCUT2D eigenvalue weighted by molar-refractivity contribution is -0.141. The number of hydrogen-bond donors (Lipinski definition) is 0. The van der Waals surface area contributed by atoms with Gasteiger partial charge >= 0.3 is 12.1 Å². The number of rotatable bonds is 9. The lowest BCUT2D eigenvalue weighted by Crippen LogP contribution is -2.15. The Morgan fingerprint density at radius 1 is 0.864 bits per heavy atom. The first-order chi connectivity index (χ1) is 21.1. The van der Waals surface area contributed by atoms with E-state index in [0.717, 1.165) is 23.7 Å². The number of carbonyl (C=O) groups is 1. The molecule has 3 heterocycles. The van der Waals surface area contributed by atoms with Gasteiger partial charge in [0.25, 0.3) is 0 Å². The van der Waals surface area contributed by atoms with Crippen LogP contribution in [0, 0.1) is 13.8 Å². The van der Waals surface area contributed by atoms with E-state index in [0.29, 0.717) is 39.6 Å². The summed E-state index contributed by atoms with van der Waals surface area (Å²) in [5.41, 5.74) is 2.52. The van der Waals surface area contributed by atoms with Crippen LogP contribution >= 0.6 is 22.7 Å². The number of nitrogens with zero attached hydrogens (tertiary/aromatic N) is 8. The minimum Gasteiger partial charge on any atom is -0.462 e. The molecular formula is C29H27F3N8O2S2. The molecule has 44 heavy (non-hydrogen) atoms. The van der Waals surface area contributed by atoms with Gasteiger partial charge in [-0.2, -0.15) is 23.4 Å². The monoisotopic (exact) mass is 640 g/mol. The Labute approximate surface area is 259 Å². The van der Waals surface area contributed by atoms with Crippen molar-refractivity contribution in [1.29, 1.82) is 0 Å². The fourth-order valence-electron chi connectivity index (χ4n) is 4.30. The molecule has 0 bridgehead atoms. The van der Waals surface area contributed by atoms with E-state index in [9.17, 15) is 18.0 Å². The minimum absolute atomic E-state index is 0.0690. The molecule has 15 heteroatoms. The fraction of sp³-hybridized carbons (Fsp3) is 0.310. The number of benzene rings is 2. The van der Waals surface area contributed by atoms with E-state index in [1.807, 2.05) is 31.2 Å². The van der Waals surface area contributed by atoms with Crippen LogP contribution < -0.4 is 4.90 Å². The molecule has 2 aromatic heterocycles. The third kappa shape index (κ3) is 7.58. The number of azo groups is 3. The van der Waals surface area contributed by atoms with E-state index < -0.39 is 22.7 Å². The third-order valence-corrected chi connectivity index (χ3v) is 8.43. The number of carbonyl (C=O) groups excluding carboxylic acids is 1. The molecule has 2 aromatic carbocycles. The van der Waals surface area contributed by atoms with Crippen LogP contribution in [-0.2, 0) is 10.9 Å². The molecule has 0 radical (unpaired) electrons. The van der Waals surface area contributed by atoms with Crippen LogP contribution in [0.15, 0.2) is 79.2 Å². The molecule has 1 saturated heterocycles. The van der Waals surface area contributed by atoms with Gasteiger partial charge in [0.05, 0.1) is 34.4 Å². The van der Waals surface area contributed by atoms with E-state index >= 15 is 0 Å². The number of halogens is 3. The predicted molar refractivity (Wildman–Crippen MR) is 164 cm³/mol. The van der Waals surface area contributed by atoms with Crippen LogP contribution in [-0.4, -0.2) is 30.6 Å². The number of ether oxygens (including phenoxy) is 1. The van der Waals surface area contributed by atoms with Crippen molar-refractivity contribution in [3.63, 3.8) is 0 Å². The number of hydrogen-bond acceptors (Lipinski definition) is 12. The Balaban J connectivity index is 1.24. The van der Waals surface area contributed by atoms with Gasteiger partial charge in [-0.05, 0) is 93.3 Å². The molecule has 0 atom stereocenters. The van der Waals surface area contributed by atoms with E-state index in [4.69, 9.17) is 4.74 Å². The van der Waals surface area contributed by atoms with Gasteiger partial charge in [0, 0.05) is 13.1 Å². The molecule has 10 nitrogen and oxygen atoms in total. The summed E-state index contributed by atoms with van der Waals surface area (Å²) in [6.45, 7) is 7.27. The van der Waals surface area contributed by atoms with Crippen molar-refractivity contribution >= 4 is 66.5 Å². The summed E-state index contributed by atoms with van der Waals surface area (Å²) in [5, 5.41) is 27.0. The summed E-state index contributed by atoms with van der Waals surface area (Å²) in [7, 11) is 0. The lowest BCUT2D eigenvalue weighted by Gasteiger charge is -2.13. The van der Waals surface area contributed by atoms with Crippen molar-refractivity contribution in [1.82, 2.24) is 4.98 Å². The van der Waals surface area contributed by atoms with Gasteiger partial charge in [0.15, 0.2) is 5.69 Å². The van der Waals surface area contributed by atoms with Gasteiger partial charge < -0.3 is 9.64 Å². The molecule has 0 aliphatic carbocycles. The standard InChI is InChI=1S/C29H27F3N8O2S2/c1-4-42-27(41)25-26(29(30,31)32)33-28(44-25)39-37-22-10-7-19(15-18(22)3)34-36-21-9-8-20(16-17(21)2)35-38-23-11-12-24(43-23)40-13-5-6-14-40/h7-12,15-16H,4-6,13-14H2,1-3H3/b36-34+,38-35+,39-37+. The largest absolute Gasteiger partial charge is 0.462 e. The first kappa shape index (κ1) is 31.1. The number of aryl methyl sites for hydroxylation is 2. The maximum absolute atomic E-state index is 13.4. The Morgan fingerprint density at radius 2 is 1.48 bits per heavy atom. The first-order valence-electron chi connectivity index (χ1n) is 13.7. The number of thiophene rings is 1. The molecule has 0 amide bonds. The van der Waals surface area contributed by atoms with E-state index in [1.165, 1.54) is 24.8 Å². The summed E-state index contributed by atoms with van der Waals surface area (Å²) in [5.74, 6) is -1.11. The molecule has 1 fully saturated rings. The SMILES string of the molecule is CCOC(=O)c1sc(/N=N/c2ccc(/N=N/c3ccc(/N=N/c4ccc(N5CCCC5)s4)cc3C)cc2C)nc1C(F)(F)F. The molecule has 0 saturated carbocycles. The number of anilines is 1. The second-order valence-electron chi connectivity index (χ2n) is 9.74. The van der Waals surface area contributed by atoms with E-state index in [-0.39, 0.29) is 11.7 Å². The summed E-state index contributed by atoms with van der Waals surface area (Å²) >= 11 is 2.09. The quantitative estimate of drug-likeness (QED) is 0.134. The van der Waals surface area contributed by atoms with Gasteiger partial charge in [0.2, 0.25) is 5.13 Å².